The van der Waals surface area contributed by atoms with Crippen LogP contribution in [-0.4, -0.2) is 11.7 Å². The summed E-state index contributed by atoms with van der Waals surface area (Å²) in [4.78, 5) is 0. The van der Waals surface area contributed by atoms with Crippen LogP contribution in [0.2, 0.25) is 0 Å². The van der Waals surface area contributed by atoms with Crippen molar-refractivity contribution in [2.45, 2.75) is 25.7 Å². The summed E-state index contributed by atoms with van der Waals surface area (Å²) in [5.41, 5.74) is 2.80. The Hall–Kier alpha value is -0.820. The number of aliphatic hydroxyl groups is 1. The average molecular weight is 176 g/mol. The van der Waals surface area contributed by atoms with E-state index in [4.69, 9.17) is 5.11 Å². The van der Waals surface area contributed by atoms with Crippen LogP contribution in [0.4, 0.5) is 0 Å². The van der Waals surface area contributed by atoms with Crippen LogP contribution in [0.5, 0.6) is 0 Å². The molecule has 0 aromatic heterocycles. The Morgan fingerprint density at radius 3 is 2.62 bits per heavy atom. The normalized spacial score (nSPS) is 26.9. The summed E-state index contributed by atoms with van der Waals surface area (Å²) in [6.07, 6.45) is 2.44. The molecule has 1 saturated carbocycles. The maximum absolute atomic E-state index is 9.11. The zero-order chi connectivity index (χ0) is 9.26. The molecule has 0 spiro atoms. The molecular weight excluding hydrogens is 160 g/mol. The maximum atomic E-state index is 9.11. The van der Waals surface area contributed by atoms with Crippen molar-refractivity contribution in [1.82, 2.24) is 0 Å². The van der Waals surface area contributed by atoms with Crippen molar-refractivity contribution in [2.24, 2.45) is 5.92 Å². The van der Waals surface area contributed by atoms with Crippen LogP contribution >= 0.6 is 0 Å². The van der Waals surface area contributed by atoms with Crippen LogP contribution in [0, 0.1) is 12.8 Å². The second-order valence-electron chi connectivity index (χ2n) is 3.98. The third-order valence-corrected chi connectivity index (χ3v) is 3.24. The molecule has 1 nitrogen and oxygen atoms in total. The molecular formula is C12H16O. The lowest BCUT2D eigenvalue weighted by Crippen LogP contribution is -2.27. The third-order valence-electron chi connectivity index (χ3n) is 3.24. The first-order valence-corrected chi connectivity index (χ1v) is 4.99. The van der Waals surface area contributed by atoms with Gasteiger partial charge in [0.1, 0.15) is 0 Å². The monoisotopic (exact) mass is 176 g/mol. The molecule has 0 heterocycles. The molecule has 0 radical (unpaired) electrons. The van der Waals surface area contributed by atoms with Gasteiger partial charge in [-0.3, -0.25) is 0 Å². The van der Waals surface area contributed by atoms with Gasteiger partial charge in [0.25, 0.3) is 0 Å². The average Bonchev–Trinajstić information content (AvgIpc) is 2.08. The van der Waals surface area contributed by atoms with Crippen molar-refractivity contribution in [3.63, 3.8) is 0 Å². The summed E-state index contributed by atoms with van der Waals surface area (Å²) < 4.78 is 0. The highest BCUT2D eigenvalue weighted by Crippen LogP contribution is 2.42. The van der Waals surface area contributed by atoms with Gasteiger partial charge in [-0.2, -0.15) is 0 Å². The lowest BCUT2D eigenvalue weighted by Gasteiger charge is -2.36. The SMILES string of the molecule is Cc1ccccc1C1CCC1CO. The molecule has 2 atom stereocenters. The van der Waals surface area contributed by atoms with Gasteiger partial charge < -0.3 is 5.11 Å². The van der Waals surface area contributed by atoms with Gasteiger partial charge in [-0.25, -0.2) is 0 Å². The molecule has 0 saturated heterocycles. The first kappa shape index (κ1) is 8.76. The highest BCUT2D eigenvalue weighted by Gasteiger charge is 2.31. The Kier molecular flexibility index (Phi) is 2.36. The number of hydrogen-bond acceptors (Lipinski definition) is 1. The van der Waals surface area contributed by atoms with Gasteiger partial charge in [-0.05, 0) is 42.7 Å². The van der Waals surface area contributed by atoms with Gasteiger partial charge in [-0.1, -0.05) is 24.3 Å². The summed E-state index contributed by atoms with van der Waals surface area (Å²) in [7, 11) is 0. The van der Waals surface area contributed by atoms with Gasteiger partial charge in [0.15, 0.2) is 0 Å². The van der Waals surface area contributed by atoms with E-state index >= 15 is 0 Å². The van der Waals surface area contributed by atoms with E-state index in [1.54, 1.807) is 0 Å². The topological polar surface area (TPSA) is 20.2 Å². The molecule has 0 bridgehead atoms. The zero-order valence-electron chi connectivity index (χ0n) is 8.03. The fourth-order valence-corrected chi connectivity index (χ4v) is 2.20. The first-order chi connectivity index (χ1) is 6.33. The minimum Gasteiger partial charge on any atom is -0.396 e. The van der Waals surface area contributed by atoms with Gasteiger partial charge in [0.2, 0.25) is 0 Å². The molecule has 1 N–H and O–H groups in total. The molecule has 70 valence electrons. The molecule has 2 rings (SSSR count). The van der Waals surface area contributed by atoms with Crippen molar-refractivity contribution in [3.8, 4) is 0 Å². The lowest BCUT2D eigenvalue weighted by molar-refractivity contribution is 0.135. The second-order valence-corrected chi connectivity index (χ2v) is 3.98. The number of aryl methyl sites for hydroxylation is 1. The van der Waals surface area contributed by atoms with E-state index in [0.717, 1.165) is 0 Å². The Morgan fingerprint density at radius 1 is 1.31 bits per heavy atom. The molecule has 1 aliphatic rings. The first-order valence-electron chi connectivity index (χ1n) is 4.99. The summed E-state index contributed by atoms with van der Waals surface area (Å²) in [5.74, 6) is 1.13. The summed E-state index contributed by atoms with van der Waals surface area (Å²) >= 11 is 0. The van der Waals surface area contributed by atoms with Crippen molar-refractivity contribution in [3.05, 3.63) is 35.4 Å². The number of aliphatic hydroxyl groups excluding tert-OH is 1. The lowest BCUT2D eigenvalue weighted by atomic mass is 9.69. The van der Waals surface area contributed by atoms with E-state index in [1.807, 2.05) is 0 Å². The quantitative estimate of drug-likeness (QED) is 0.734. The molecule has 0 amide bonds. The van der Waals surface area contributed by atoms with Gasteiger partial charge in [-0.15, -0.1) is 0 Å². The van der Waals surface area contributed by atoms with Crippen LogP contribution in [0.15, 0.2) is 24.3 Å². The Balaban J connectivity index is 2.21. The Bertz CT molecular complexity index is 291. The molecule has 1 aromatic rings. The largest absolute Gasteiger partial charge is 0.396 e. The van der Waals surface area contributed by atoms with E-state index in [1.165, 1.54) is 24.0 Å². The molecule has 13 heavy (non-hydrogen) atoms. The predicted octanol–water partition coefficient (Wildman–Crippen LogP) is 2.48. The Morgan fingerprint density at radius 2 is 2.08 bits per heavy atom. The van der Waals surface area contributed by atoms with Crippen LogP contribution in [0.1, 0.15) is 29.9 Å². The van der Waals surface area contributed by atoms with Crippen molar-refractivity contribution < 1.29 is 5.11 Å². The maximum Gasteiger partial charge on any atom is 0.0465 e. The molecule has 1 aromatic carbocycles. The number of hydrogen-bond donors (Lipinski definition) is 1. The number of rotatable bonds is 2. The fraction of sp³-hybridized carbons (Fsp3) is 0.500. The van der Waals surface area contributed by atoms with Gasteiger partial charge in [0.05, 0.1) is 0 Å². The Labute approximate surface area is 79.4 Å². The van der Waals surface area contributed by atoms with Crippen molar-refractivity contribution in [1.29, 1.82) is 0 Å². The minimum absolute atomic E-state index is 0.346. The molecule has 0 aliphatic heterocycles. The van der Waals surface area contributed by atoms with Gasteiger partial charge in [0, 0.05) is 6.61 Å². The van der Waals surface area contributed by atoms with Gasteiger partial charge >= 0.3 is 0 Å². The van der Waals surface area contributed by atoms with Crippen LogP contribution in [-0.2, 0) is 0 Å². The smallest absolute Gasteiger partial charge is 0.0465 e. The standard InChI is InChI=1S/C12H16O/c1-9-4-2-3-5-11(9)12-7-6-10(12)8-13/h2-5,10,12-13H,6-8H2,1H3. The molecule has 1 fully saturated rings. The van der Waals surface area contributed by atoms with E-state index in [0.29, 0.717) is 18.4 Å². The van der Waals surface area contributed by atoms with Crippen LogP contribution in [0.25, 0.3) is 0 Å². The van der Waals surface area contributed by atoms with Crippen LogP contribution in [0.3, 0.4) is 0 Å². The molecule has 1 aliphatic carbocycles. The summed E-state index contributed by atoms with van der Waals surface area (Å²) in [6.45, 7) is 2.50. The highest BCUT2D eigenvalue weighted by atomic mass is 16.3. The second kappa shape index (κ2) is 3.51. The van der Waals surface area contributed by atoms with Crippen LogP contribution < -0.4 is 0 Å². The van der Waals surface area contributed by atoms with Crippen molar-refractivity contribution >= 4 is 0 Å². The molecule has 1 heteroatoms. The third kappa shape index (κ3) is 1.49. The highest BCUT2D eigenvalue weighted by molar-refractivity contribution is 5.31. The van der Waals surface area contributed by atoms with E-state index in [-0.39, 0.29) is 0 Å². The van der Waals surface area contributed by atoms with E-state index in [2.05, 4.69) is 31.2 Å². The summed E-state index contributed by atoms with van der Waals surface area (Å²) in [5, 5.41) is 9.11. The van der Waals surface area contributed by atoms with E-state index < -0.39 is 0 Å². The predicted molar refractivity (Wildman–Crippen MR) is 53.7 cm³/mol. The van der Waals surface area contributed by atoms with Crippen molar-refractivity contribution in [2.75, 3.05) is 6.61 Å². The molecule has 2 unspecified atom stereocenters. The minimum atomic E-state index is 0.346. The van der Waals surface area contributed by atoms with E-state index in [9.17, 15) is 0 Å². The fourth-order valence-electron chi connectivity index (χ4n) is 2.20. The zero-order valence-corrected chi connectivity index (χ0v) is 8.03. The number of benzene rings is 1. The summed E-state index contributed by atoms with van der Waals surface area (Å²) in [6, 6.07) is 8.52.